The molecule has 0 atom stereocenters. The lowest BCUT2D eigenvalue weighted by molar-refractivity contribution is 0.0697. The zero-order valence-electron chi connectivity index (χ0n) is 10.9. The number of hydrogen-bond donors (Lipinski definition) is 1. The van der Waals surface area contributed by atoms with E-state index in [-0.39, 0.29) is 5.56 Å². The molecule has 0 aliphatic heterocycles. The molecule has 0 aliphatic carbocycles. The first-order valence-electron chi connectivity index (χ1n) is 5.95. The van der Waals surface area contributed by atoms with E-state index in [1.165, 1.54) is 18.5 Å². The largest absolute Gasteiger partial charge is 0.478 e. The fraction of sp³-hybridized carbons (Fsp3) is 0.154. The third kappa shape index (κ3) is 1.89. The van der Waals surface area contributed by atoms with Gasteiger partial charge in [-0.1, -0.05) is 0 Å². The SMILES string of the molecule is Cc1nc(C)n(-c2ncnc3cc(C(=O)O)ccc23)n1. The molecule has 0 saturated heterocycles. The van der Waals surface area contributed by atoms with Crippen LogP contribution < -0.4 is 0 Å². The van der Waals surface area contributed by atoms with Crippen molar-refractivity contribution in [2.24, 2.45) is 0 Å². The van der Waals surface area contributed by atoms with Crippen LogP contribution in [0.4, 0.5) is 0 Å². The van der Waals surface area contributed by atoms with E-state index < -0.39 is 5.97 Å². The summed E-state index contributed by atoms with van der Waals surface area (Å²) in [4.78, 5) is 23.6. The van der Waals surface area contributed by atoms with Gasteiger partial charge >= 0.3 is 5.97 Å². The second kappa shape index (κ2) is 4.37. The molecule has 3 aromatic rings. The molecule has 2 heterocycles. The van der Waals surface area contributed by atoms with Gasteiger partial charge in [0, 0.05) is 5.39 Å². The van der Waals surface area contributed by atoms with E-state index in [0.29, 0.717) is 23.0 Å². The smallest absolute Gasteiger partial charge is 0.335 e. The monoisotopic (exact) mass is 269 g/mol. The number of hydrogen-bond acceptors (Lipinski definition) is 5. The number of benzene rings is 1. The summed E-state index contributed by atoms with van der Waals surface area (Å²) in [6, 6.07) is 4.73. The molecule has 0 amide bonds. The summed E-state index contributed by atoms with van der Waals surface area (Å²) in [5.74, 6) is 0.964. The highest BCUT2D eigenvalue weighted by Gasteiger charge is 2.12. The van der Waals surface area contributed by atoms with Gasteiger partial charge in [-0.3, -0.25) is 0 Å². The Morgan fingerprint density at radius 1 is 1.25 bits per heavy atom. The van der Waals surface area contributed by atoms with Gasteiger partial charge in [-0.25, -0.2) is 19.7 Å². The van der Waals surface area contributed by atoms with Crippen molar-refractivity contribution in [1.82, 2.24) is 24.7 Å². The Bertz CT molecular complexity index is 825. The number of fused-ring (bicyclic) bond motifs is 1. The molecule has 0 fully saturated rings. The van der Waals surface area contributed by atoms with Gasteiger partial charge < -0.3 is 5.11 Å². The minimum Gasteiger partial charge on any atom is -0.478 e. The first kappa shape index (κ1) is 12.2. The molecule has 100 valence electrons. The van der Waals surface area contributed by atoms with Crippen LogP contribution in [0.3, 0.4) is 0 Å². The molecular weight excluding hydrogens is 258 g/mol. The van der Waals surface area contributed by atoms with Crippen LogP contribution in [-0.2, 0) is 0 Å². The summed E-state index contributed by atoms with van der Waals surface area (Å²) >= 11 is 0. The quantitative estimate of drug-likeness (QED) is 0.758. The third-order valence-electron chi connectivity index (χ3n) is 2.94. The van der Waals surface area contributed by atoms with Gasteiger partial charge in [0.2, 0.25) is 0 Å². The van der Waals surface area contributed by atoms with Crippen molar-refractivity contribution in [3.05, 3.63) is 41.7 Å². The van der Waals surface area contributed by atoms with Gasteiger partial charge in [0.05, 0.1) is 11.1 Å². The minimum absolute atomic E-state index is 0.189. The number of carboxylic acid groups (broad SMARTS) is 1. The molecule has 7 nitrogen and oxygen atoms in total. The molecule has 20 heavy (non-hydrogen) atoms. The van der Waals surface area contributed by atoms with Gasteiger partial charge in [-0.05, 0) is 32.0 Å². The number of carbonyl (C=O) groups is 1. The van der Waals surface area contributed by atoms with E-state index in [2.05, 4.69) is 20.1 Å². The first-order chi connectivity index (χ1) is 9.56. The molecular formula is C13H11N5O2. The van der Waals surface area contributed by atoms with E-state index in [4.69, 9.17) is 5.11 Å². The number of rotatable bonds is 2. The second-order valence-corrected chi connectivity index (χ2v) is 4.35. The summed E-state index contributed by atoms with van der Waals surface area (Å²) < 4.78 is 1.62. The topological polar surface area (TPSA) is 93.8 Å². The molecule has 3 rings (SSSR count). The Hall–Kier alpha value is -2.83. The molecule has 0 saturated carbocycles. The molecule has 0 bridgehead atoms. The zero-order chi connectivity index (χ0) is 14.3. The number of nitrogens with zero attached hydrogens (tertiary/aromatic N) is 5. The van der Waals surface area contributed by atoms with Gasteiger partial charge in [0.25, 0.3) is 0 Å². The fourth-order valence-electron chi connectivity index (χ4n) is 2.07. The van der Waals surface area contributed by atoms with E-state index >= 15 is 0 Å². The van der Waals surface area contributed by atoms with Crippen molar-refractivity contribution in [3.63, 3.8) is 0 Å². The predicted octanol–water partition coefficient (Wildman–Crippen LogP) is 1.53. The lowest BCUT2D eigenvalue weighted by Crippen LogP contribution is -2.04. The molecule has 0 spiro atoms. The maximum atomic E-state index is 11.0. The van der Waals surface area contributed by atoms with Crippen molar-refractivity contribution < 1.29 is 9.90 Å². The van der Waals surface area contributed by atoms with Crippen molar-refractivity contribution >= 4 is 16.9 Å². The molecule has 0 aliphatic rings. The first-order valence-corrected chi connectivity index (χ1v) is 5.95. The lowest BCUT2D eigenvalue weighted by Gasteiger charge is -2.06. The zero-order valence-corrected chi connectivity index (χ0v) is 10.9. The molecule has 1 N–H and O–H groups in total. The Balaban J connectivity index is 2.27. The van der Waals surface area contributed by atoms with E-state index in [1.54, 1.807) is 17.7 Å². The van der Waals surface area contributed by atoms with Crippen molar-refractivity contribution in [1.29, 1.82) is 0 Å². The average molecular weight is 269 g/mol. The number of aromatic carboxylic acids is 1. The van der Waals surface area contributed by atoms with Crippen LogP contribution in [0, 0.1) is 13.8 Å². The van der Waals surface area contributed by atoms with Gasteiger partial charge in [-0.15, -0.1) is 5.10 Å². The van der Waals surface area contributed by atoms with Crippen molar-refractivity contribution in [2.75, 3.05) is 0 Å². The van der Waals surface area contributed by atoms with E-state index in [1.807, 2.05) is 6.92 Å². The minimum atomic E-state index is -0.986. The van der Waals surface area contributed by atoms with Crippen LogP contribution in [-0.4, -0.2) is 35.8 Å². The Kier molecular flexibility index (Phi) is 2.67. The van der Waals surface area contributed by atoms with Crippen LogP contribution >= 0.6 is 0 Å². The second-order valence-electron chi connectivity index (χ2n) is 4.35. The Morgan fingerprint density at radius 3 is 2.70 bits per heavy atom. The maximum Gasteiger partial charge on any atom is 0.335 e. The highest BCUT2D eigenvalue weighted by atomic mass is 16.4. The van der Waals surface area contributed by atoms with Crippen LogP contribution in [0.15, 0.2) is 24.5 Å². The van der Waals surface area contributed by atoms with Crippen LogP contribution in [0.2, 0.25) is 0 Å². The molecule has 1 aromatic carbocycles. The fourth-order valence-corrected chi connectivity index (χ4v) is 2.07. The normalized spacial score (nSPS) is 10.9. The Morgan fingerprint density at radius 2 is 2.05 bits per heavy atom. The third-order valence-corrected chi connectivity index (χ3v) is 2.94. The summed E-state index contributed by atoms with van der Waals surface area (Å²) in [7, 11) is 0. The Labute approximate surface area is 113 Å². The van der Waals surface area contributed by atoms with Gasteiger partial charge in [0.1, 0.15) is 18.0 Å². The highest BCUT2D eigenvalue weighted by molar-refractivity contribution is 5.94. The van der Waals surface area contributed by atoms with Crippen LogP contribution in [0.1, 0.15) is 22.0 Å². The number of aromatic nitrogens is 5. The standard InChI is InChI=1S/C13H11N5O2/c1-7-16-8(2)18(17-7)12-10-4-3-9(13(19)20)5-11(10)14-6-15-12/h3-6H,1-2H3,(H,19,20). The van der Waals surface area contributed by atoms with E-state index in [0.717, 1.165) is 5.39 Å². The molecule has 0 unspecified atom stereocenters. The maximum absolute atomic E-state index is 11.0. The molecule has 2 aromatic heterocycles. The lowest BCUT2D eigenvalue weighted by atomic mass is 10.1. The van der Waals surface area contributed by atoms with Crippen molar-refractivity contribution in [3.8, 4) is 5.82 Å². The molecule has 0 radical (unpaired) electrons. The molecule has 7 heteroatoms. The summed E-state index contributed by atoms with van der Waals surface area (Å²) in [6.07, 6.45) is 1.39. The summed E-state index contributed by atoms with van der Waals surface area (Å²) in [5, 5.41) is 14.0. The average Bonchev–Trinajstić information content (AvgIpc) is 2.76. The number of carboxylic acids is 1. The van der Waals surface area contributed by atoms with Gasteiger partial charge in [0.15, 0.2) is 5.82 Å². The van der Waals surface area contributed by atoms with Crippen LogP contribution in [0.25, 0.3) is 16.7 Å². The van der Waals surface area contributed by atoms with E-state index in [9.17, 15) is 4.79 Å². The predicted molar refractivity (Wildman–Crippen MR) is 70.9 cm³/mol. The highest BCUT2D eigenvalue weighted by Crippen LogP contribution is 2.20. The summed E-state index contributed by atoms with van der Waals surface area (Å²) in [5.41, 5.74) is 0.746. The van der Waals surface area contributed by atoms with Gasteiger partial charge in [-0.2, -0.15) is 4.68 Å². The number of aryl methyl sites for hydroxylation is 2. The van der Waals surface area contributed by atoms with Crippen LogP contribution in [0.5, 0.6) is 0 Å². The summed E-state index contributed by atoms with van der Waals surface area (Å²) in [6.45, 7) is 3.63. The van der Waals surface area contributed by atoms with Crippen molar-refractivity contribution in [2.45, 2.75) is 13.8 Å².